The summed E-state index contributed by atoms with van der Waals surface area (Å²) in [6.45, 7) is 4.90. The number of aromatic nitrogens is 1. The van der Waals surface area contributed by atoms with E-state index in [2.05, 4.69) is 10.3 Å². The number of nitrogens with zero attached hydrogens (tertiary/aromatic N) is 2. The number of quaternary nitrogens is 1. The molecule has 0 unspecified atom stereocenters. The summed E-state index contributed by atoms with van der Waals surface area (Å²) in [7, 11) is 0. The van der Waals surface area contributed by atoms with Crippen LogP contribution in [-0.2, 0) is 11.0 Å². The zero-order valence-electron chi connectivity index (χ0n) is 15.1. The molecule has 2 saturated heterocycles. The van der Waals surface area contributed by atoms with Crippen LogP contribution in [0.15, 0.2) is 18.3 Å². The summed E-state index contributed by atoms with van der Waals surface area (Å²) >= 11 is 0. The van der Waals surface area contributed by atoms with Crippen LogP contribution < -0.4 is 20.1 Å². The molecule has 1 aromatic rings. The van der Waals surface area contributed by atoms with Crippen LogP contribution in [0.1, 0.15) is 25.3 Å². The van der Waals surface area contributed by atoms with Gasteiger partial charge in [-0.3, -0.25) is 9.69 Å². The number of carbonyl (C=O) groups excluding carboxylic acids is 2. The van der Waals surface area contributed by atoms with Crippen LogP contribution in [-0.4, -0.2) is 55.7 Å². The summed E-state index contributed by atoms with van der Waals surface area (Å²) in [5.74, 6) is 0.452. The van der Waals surface area contributed by atoms with Crippen molar-refractivity contribution in [3.63, 3.8) is 0 Å². The maximum absolute atomic E-state index is 12.6. The molecule has 0 aliphatic carbocycles. The van der Waals surface area contributed by atoms with Crippen molar-refractivity contribution >= 4 is 17.8 Å². The standard InChI is InChI=1S/C17H22F3N5O2/c1-2-3-13-15(26)25(16(27)22-13)11-23-6-8-24(9-7-23)14-5-4-12(10-21-14)17(18,19)20/h4-5,10,13H,2-3,6-9,11H2,1H3,(H,22,27)/p+2/t13-/m0/s1. The lowest BCUT2D eigenvalue weighted by Crippen LogP contribution is -3.16. The molecular weight excluding hydrogens is 363 g/mol. The second-order valence-corrected chi connectivity index (χ2v) is 6.91. The Bertz CT molecular complexity index is 687. The summed E-state index contributed by atoms with van der Waals surface area (Å²) in [6, 6.07) is 1.72. The van der Waals surface area contributed by atoms with Gasteiger partial charge in [-0.25, -0.2) is 14.7 Å². The van der Waals surface area contributed by atoms with Crippen molar-refractivity contribution in [3.8, 4) is 0 Å². The molecule has 2 aliphatic heterocycles. The predicted molar refractivity (Wildman–Crippen MR) is 89.9 cm³/mol. The van der Waals surface area contributed by atoms with E-state index in [0.29, 0.717) is 45.1 Å². The highest BCUT2D eigenvalue weighted by atomic mass is 19.4. The molecule has 3 heterocycles. The van der Waals surface area contributed by atoms with Gasteiger partial charge in [-0.1, -0.05) is 13.3 Å². The third-order valence-electron chi connectivity index (χ3n) is 5.00. The number of alkyl halides is 3. The third-order valence-corrected chi connectivity index (χ3v) is 5.00. The van der Waals surface area contributed by atoms with Gasteiger partial charge >= 0.3 is 12.2 Å². The summed E-state index contributed by atoms with van der Waals surface area (Å²) in [4.78, 5) is 31.4. The highest BCUT2D eigenvalue weighted by Crippen LogP contribution is 2.28. The largest absolute Gasteiger partial charge is 0.419 e. The molecule has 0 spiro atoms. The fourth-order valence-corrected chi connectivity index (χ4v) is 3.45. The Balaban J connectivity index is 1.53. The SMILES string of the molecule is CCC[C@@H]1NC(=O)N(C[NH+]2CCN(c3ccc(C(F)(F)F)c[nH+]3)CC2)C1=O. The number of rotatable bonds is 5. The maximum atomic E-state index is 12.6. The van der Waals surface area contributed by atoms with Gasteiger partial charge in [0.25, 0.3) is 11.7 Å². The van der Waals surface area contributed by atoms with E-state index in [1.165, 1.54) is 11.0 Å². The number of hydrogen-bond donors (Lipinski definition) is 2. The molecule has 7 nitrogen and oxygen atoms in total. The highest BCUT2D eigenvalue weighted by Gasteiger charge is 2.40. The number of aromatic amines is 1. The van der Waals surface area contributed by atoms with Gasteiger partial charge in [0.05, 0.1) is 5.56 Å². The number of pyridine rings is 1. The average molecular weight is 387 g/mol. The maximum Gasteiger partial charge on any atom is 0.419 e. The van der Waals surface area contributed by atoms with Gasteiger partial charge in [-0.15, -0.1) is 0 Å². The molecule has 3 amide bonds. The molecule has 10 heteroatoms. The first-order valence-corrected chi connectivity index (χ1v) is 9.09. The number of imide groups is 1. The van der Waals surface area contributed by atoms with E-state index in [-0.39, 0.29) is 11.9 Å². The fourth-order valence-electron chi connectivity index (χ4n) is 3.45. The minimum Gasteiger partial charge on any atom is -0.326 e. The van der Waals surface area contributed by atoms with E-state index in [4.69, 9.17) is 0 Å². The van der Waals surface area contributed by atoms with Crippen molar-refractivity contribution in [2.24, 2.45) is 0 Å². The molecule has 27 heavy (non-hydrogen) atoms. The second-order valence-electron chi connectivity index (χ2n) is 6.91. The number of halogens is 3. The Morgan fingerprint density at radius 3 is 2.52 bits per heavy atom. The Hall–Kier alpha value is -2.36. The molecule has 0 bridgehead atoms. The number of urea groups is 1. The topological polar surface area (TPSA) is 71.2 Å². The van der Waals surface area contributed by atoms with Crippen LogP contribution in [0.5, 0.6) is 0 Å². The summed E-state index contributed by atoms with van der Waals surface area (Å²) < 4.78 is 37.9. The quantitative estimate of drug-likeness (QED) is 0.694. The van der Waals surface area contributed by atoms with E-state index in [0.717, 1.165) is 23.6 Å². The number of hydrogen-bond acceptors (Lipinski definition) is 3. The van der Waals surface area contributed by atoms with Gasteiger partial charge in [0.2, 0.25) is 0 Å². The number of amides is 3. The molecule has 2 aliphatic rings. The minimum absolute atomic E-state index is 0.173. The molecule has 0 radical (unpaired) electrons. The Labute approximate surface area is 155 Å². The number of anilines is 1. The highest BCUT2D eigenvalue weighted by molar-refractivity contribution is 6.03. The molecule has 2 fully saturated rings. The van der Waals surface area contributed by atoms with Gasteiger partial charge in [-0.2, -0.15) is 13.2 Å². The normalized spacial score (nSPS) is 21.7. The molecule has 1 aromatic heterocycles. The Morgan fingerprint density at radius 2 is 1.96 bits per heavy atom. The molecule has 148 valence electrons. The van der Waals surface area contributed by atoms with Crippen LogP contribution in [0.4, 0.5) is 23.8 Å². The van der Waals surface area contributed by atoms with Crippen molar-refractivity contribution in [1.82, 2.24) is 10.2 Å². The Morgan fingerprint density at radius 1 is 1.26 bits per heavy atom. The van der Waals surface area contributed by atoms with E-state index >= 15 is 0 Å². The smallest absolute Gasteiger partial charge is 0.326 e. The van der Waals surface area contributed by atoms with Crippen molar-refractivity contribution < 1.29 is 32.6 Å². The van der Waals surface area contributed by atoms with Gasteiger partial charge in [-0.05, 0) is 12.5 Å². The first kappa shape index (κ1) is 19.4. The molecule has 3 N–H and O–H groups in total. The summed E-state index contributed by atoms with van der Waals surface area (Å²) in [6.07, 6.45) is -1.94. The lowest BCUT2D eigenvalue weighted by atomic mass is 10.2. The lowest BCUT2D eigenvalue weighted by Gasteiger charge is -2.30. The van der Waals surface area contributed by atoms with Crippen molar-refractivity contribution in [1.29, 1.82) is 0 Å². The van der Waals surface area contributed by atoms with Crippen molar-refractivity contribution in [3.05, 3.63) is 23.9 Å². The fraction of sp³-hybridized carbons (Fsp3) is 0.588. The van der Waals surface area contributed by atoms with E-state index in [9.17, 15) is 22.8 Å². The number of piperazine rings is 1. The molecule has 0 aromatic carbocycles. The van der Waals surface area contributed by atoms with E-state index in [1.807, 2.05) is 11.8 Å². The molecule has 3 rings (SSSR count). The van der Waals surface area contributed by atoms with E-state index in [1.54, 1.807) is 0 Å². The third kappa shape index (κ3) is 4.32. The number of carbonyl (C=O) groups is 2. The van der Waals surface area contributed by atoms with Gasteiger partial charge in [0.15, 0.2) is 6.67 Å². The van der Waals surface area contributed by atoms with Gasteiger partial charge < -0.3 is 10.2 Å². The van der Waals surface area contributed by atoms with Crippen LogP contribution in [0.25, 0.3) is 0 Å². The molecule has 1 atom stereocenters. The second kappa shape index (κ2) is 7.71. The van der Waals surface area contributed by atoms with Crippen LogP contribution in [0, 0.1) is 0 Å². The zero-order valence-corrected chi connectivity index (χ0v) is 15.1. The van der Waals surface area contributed by atoms with Crippen LogP contribution >= 0.6 is 0 Å². The van der Waals surface area contributed by atoms with Crippen LogP contribution in [0.2, 0.25) is 0 Å². The monoisotopic (exact) mass is 387 g/mol. The lowest BCUT2D eigenvalue weighted by molar-refractivity contribution is -0.908. The van der Waals surface area contributed by atoms with Gasteiger partial charge in [0.1, 0.15) is 38.4 Å². The number of nitrogens with one attached hydrogen (secondary N) is 3. The first-order valence-electron chi connectivity index (χ1n) is 9.09. The average Bonchev–Trinajstić information content (AvgIpc) is 2.90. The summed E-state index contributed by atoms with van der Waals surface area (Å²) in [5.41, 5.74) is -0.712. The van der Waals surface area contributed by atoms with E-state index < -0.39 is 17.8 Å². The first-order chi connectivity index (χ1) is 12.8. The van der Waals surface area contributed by atoms with Crippen LogP contribution in [0.3, 0.4) is 0 Å². The van der Waals surface area contributed by atoms with Crippen molar-refractivity contribution in [2.75, 3.05) is 37.7 Å². The molecular formula is C17H24F3N5O2+2. The Kier molecular flexibility index (Phi) is 5.54. The molecule has 0 saturated carbocycles. The van der Waals surface area contributed by atoms with Gasteiger partial charge in [0, 0.05) is 6.07 Å². The number of H-pyrrole nitrogens is 1. The zero-order chi connectivity index (χ0) is 19.6. The summed E-state index contributed by atoms with van der Waals surface area (Å²) in [5, 5.41) is 2.71. The predicted octanol–water partition coefficient (Wildman–Crippen LogP) is -0.0976. The van der Waals surface area contributed by atoms with Crippen molar-refractivity contribution in [2.45, 2.75) is 32.0 Å². The minimum atomic E-state index is -4.36.